The first-order valence-electron chi connectivity index (χ1n) is 6.59. The lowest BCUT2D eigenvalue weighted by Crippen LogP contribution is -2.19. The highest BCUT2D eigenvalue weighted by molar-refractivity contribution is 9.11. The van der Waals surface area contributed by atoms with E-state index < -0.39 is 10.0 Å². The second-order valence-electron chi connectivity index (χ2n) is 5.77. The highest BCUT2D eigenvalue weighted by Crippen LogP contribution is 2.23. The molecule has 0 bridgehead atoms. The minimum absolute atomic E-state index is 0.0135. The zero-order valence-electron chi connectivity index (χ0n) is 12.5. The lowest BCUT2D eigenvalue weighted by atomic mass is 9.87. The van der Waals surface area contributed by atoms with Crippen molar-refractivity contribution < 1.29 is 8.42 Å². The van der Waals surface area contributed by atoms with Gasteiger partial charge in [0.2, 0.25) is 0 Å². The van der Waals surface area contributed by atoms with E-state index in [1.165, 1.54) is 17.6 Å². The fraction of sp³-hybridized carbons (Fsp3) is 0.267. The Morgan fingerprint density at radius 1 is 1.14 bits per heavy atom. The van der Waals surface area contributed by atoms with Crippen LogP contribution in [0.4, 0.5) is 0 Å². The molecule has 0 radical (unpaired) electrons. The molecule has 0 atom stereocenters. The molecular weight excluding hydrogens is 384 g/mol. The van der Waals surface area contributed by atoms with Crippen LogP contribution in [0.1, 0.15) is 31.2 Å². The predicted octanol–water partition coefficient (Wildman–Crippen LogP) is 4.12. The van der Waals surface area contributed by atoms with Crippen LogP contribution in [-0.4, -0.2) is 14.6 Å². The van der Waals surface area contributed by atoms with Gasteiger partial charge in [-0.1, -0.05) is 32.9 Å². The Morgan fingerprint density at radius 2 is 1.77 bits per heavy atom. The fourth-order valence-electron chi connectivity index (χ4n) is 1.74. The van der Waals surface area contributed by atoms with E-state index in [1.54, 1.807) is 12.1 Å². The summed E-state index contributed by atoms with van der Waals surface area (Å²) >= 11 is 4.81. The van der Waals surface area contributed by atoms with Crippen molar-refractivity contribution in [2.75, 3.05) is 0 Å². The van der Waals surface area contributed by atoms with Gasteiger partial charge in [-0.15, -0.1) is 11.3 Å². The van der Waals surface area contributed by atoms with E-state index in [0.29, 0.717) is 0 Å². The van der Waals surface area contributed by atoms with Crippen molar-refractivity contribution in [2.24, 2.45) is 5.10 Å². The Balaban J connectivity index is 2.11. The van der Waals surface area contributed by atoms with Gasteiger partial charge < -0.3 is 0 Å². The Morgan fingerprint density at radius 3 is 2.27 bits per heavy atom. The smallest absolute Gasteiger partial charge is 0.200 e. The highest BCUT2D eigenvalue weighted by atomic mass is 79.9. The Hall–Kier alpha value is -1.18. The summed E-state index contributed by atoms with van der Waals surface area (Å²) in [5.74, 6) is 0. The van der Waals surface area contributed by atoms with Crippen LogP contribution in [0.15, 0.2) is 50.2 Å². The number of halogens is 1. The van der Waals surface area contributed by atoms with Gasteiger partial charge in [0.15, 0.2) is 0 Å². The third kappa shape index (κ3) is 4.41. The first-order chi connectivity index (χ1) is 10.2. The number of nitrogens with zero attached hydrogens (tertiary/aromatic N) is 1. The minimum Gasteiger partial charge on any atom is -0.200 e. The van der Waals surface area contributed by atoms with Gasteiger partial charge in [-0.05, 0) is 51.2 Å². The van der Waals surface area contributed by atoms with Gasteiger partial charge in [0.25, 0.3) is 10.0 Å². The molecule has 2 aromatic rings. The largest absolute Gasteiger partial charge is 0.276 e. The van der Waals surface area contributed by atoms with Crippen molar-refractivity contribution in [3.8, 4) is 0 Å². The molecule has 4 nitrogen and oxygen atoms in total. The van der Waals surface area contributed by atoms with Crippen molar-refractivity contribution in [3.05, 3.63) is 50.6 Å². The van der Waals surface area contributed by atoms with E-state index in [0.717, 1.165) is 14.2 Å². The monoisotopic (exact) mass is 400 g/mol. The maximum Gasteiger partial charge on any atom is 0.276 e. The average molecular weight is 401 g/mol. The third-order valence-electron chi connectivity index (χ3n) is 2.99. The summed E-state index contributed by atoms with van der Waals surface area (Å²) in [7, 11) is -3.64. The number of nitrogens with one attached hydrogen (secondary N) is 1. The Bertz CT molecular complexity index is 773. The van der Waals surface area contributed by atoms with Crippen LogP contribution in [0.3, 0.4) is 0 Å². The van der Waals surface area contributed by atoms with Crippen molar-refractivity contribution in [1.82, 2.24) is 4.83 Å². The molecule has 0 aliphatic carbocycles. The first-order valence-corrected chi connectivity index (χ1v) is 9.68. The van der Waals surface area contributed by atoms with Gasteiger partial charge in [0.05, 0.1) is 14.9 Å². The molecule has 1 N–H and O–H groups in total. The molecular formula is C15H17BrN2O2S2. The zero-order valence-corrected chi connectivity index (χ0v) is 15.7. The van der Waals surface area contributed by atoms with Crippen molar-refractivity contribution in [1.29, 1.82) is 0 Å². The van der Waals surface area contributed by atoms with Crippen LogP contribution in [0.2, 0.25) is 0 Å². The van der Waals surface area contributed by atoms with Gasteiger partial charge >= 0.3 is 0 Å². The molecule has 0 fully saturated rings. The van der Waals surface area contributed by atoms with Crippen LogP contribution in [-0.2, 0) is 15.4 Å². The van der Waals surface area contributed by atoms with E-state index >= 15 is 0 Å². The summed E-state index contributed by atoms with van der Waals surface area (Å²) in [5, 5.41) is 3.80. The second kappa shape index (κ2) is 6.52. The molecule has 118 valence electrons. The minimum atomic E-state index is -3.64. The van der Waals surface area contributed by atoms with Crippen LogP contribution in [0.25, 0.3) is 0 Å². The molecule has 0 spiro atoms. The van der Waals surface area contributed by atoms with Crippen LogP contribution in [0, 0.1) is 0 Å². The van der Waals surface area contributed by atoms with E-state index in [2.05, 4.69) is 46.6 Å². The average Bonchev–Trinajstić information content (AvgIpc) is 2.83. The van der Waals surface area contributed by atoms with Crippen molar-refractivity contribution in [3.63, 3.8) is 0 Å². The quantitative estimate of drug-likeness (QED) is 0.619. The predicted molar refractivity (Wildman–Crippen MR) is 95.1 cm³/mol. The molecule has 0 amide bonds. The lowest BCUT2D eigenvalue weighted by Gasteiger charge is -2.19. The van der Waals surface area contributed by atoms with Gasteiger partial charge in [-0.2, -0.15) is 13.5 Å². The molecule has 1 heterocycles. The number of hydrogen-bond donors (Lipinski definition) is 1. The van der Waals surface area contributed by atoms with Gasteiger partial charge in [-0.25, -0.2) is 4.83 Å². The van der Waals surface area contributed by atoms with E-state index in [4.69, 9.17) is 0 Å². The summed E-state index contributed by atoms with van der Waals surface area (Å²) in [5.41, 5.74) is 1.07. The SMILES string of the molecule is CC(C)(C)c1ccc(S(=O)(=O)NN=Cc2ccc(Br)s2)cc1. The Labute approximate surface area is 143 Å². The number of thiophene rings is 1. The van der Waals surface area contributed by atoms with Crippen LogP contribution < -0.4 is 4.83 Å². The van der Waals surface area contributed by atoms with E-state index in [9.17, 15) is 8.42 Å². The summed E-state index contributed by atoms with van der Waals surface area (Å²) < 4.78 is 25.3. The van der Waals surface area contributed by atoms with E-state index in [1.807, 2.05) is 24.3 Å². The van der Waals surface area contributed by atoms with Gasteiger partial charge in [-0.3, -0.25) is 0 Å². The molecule has 0 aliphatic heterocycles. The maximum absolute atomic E-state index is 12.2. The maximum atomic E-state index is 12.2. The third-order valence-corrected chi connectivity index (χ3v) is 5.79. The molecule has 0 unspecified atom stereocenters. The number of benzene rings is 1. The topological polar surface area (TPSA) is 58.5 Å². The first kappa shape index (κ1) is 17.2. The van der Waals surface area contributed by atoms with Gasteiger partial charge in [0.1, 0.15) is 0 Å². The highest BCUT2D eigenvalue weighted by Gasteiger charge is 2.16. The summed E-state index contributed by atoms with van der Waals surface area (Å²) in [6, 6.07) is 10.6. The number of rotatable bonds is 4. The zero-order chi connectivity index (χ0) is 16.4. The molecule has 0 saturated carbocycles. The van der Waals surface area contributed by atoms with Crippen LogP contribution >= 0.6 is 27.3 Å². The van der Waals surface area contributed by atoms with E-state index in [-0.39, 0.29) is 10.3 Å². The molecule has 1 aromatic carbocycles. The normalized spacial score (nSPS) is 12.7. The van der Waals surface area contributed by atoms with Crippen molar-refractivity contribution >= 4 is 43.5 Å². The molecule has 22 heavy (non-hydrogen) atoms. The van der Waals surface area contributed by atoms with Crippen molar-refractivity contribution in [2.45, 2.75) is 31.1 Å². The summed E-state index contributed by atoms with van der Waals surface area (Å²) in [4.78, 5) is 3.28. The molecule has 0 aliphatic rings. The van der Waals surface area contributed by atoms with Crippen LogP contribution in [0.5, 0.6) is 0 Å². The lowest BCUT2D eigenvalue weighted by molar-refractivity contribution is 0.580. The summed E-state index contributed by atoms with van der Waals surface area (Å²) in [6.45, 7) is 6.24. The Kier molecular flexibility index (Phi) is 5.09. The molecule has 7 heteroatoms. The fourth-order valence-corrected chi connectivity index (χ4v) is 3.83. The number of sulfonamides is 1. The molecule has 1 aromatic heterocycles. The molecule has 0 saturated heterocycles. The second-order valence-corrected chi connectivity index (χ2v) is 9.92. The number of hydrazone groups is 1. The molecule has 2 rings (SSSR count). The standard InChI is InChI=1S/C15H17BrN2O2S2/c1-15(2,3)11-4-7-13(8-5-11)22(19,20)18-17-10-12-6-9-14(16)21-12/h4-10,18H,1-3H3. The summed E-state index contributed by atoms with van der Waals surface area (Å²) in [6.07, 6.45) is 1.48. The number of hydrogen-bond acceptors (Lipinski definition) is 4. The van der Waals surface area contributed by atoms with Gasteiger partial charge in [0, 0.05) is 4.88 Å².